The zero-order chi connectivity index (χ0) is 98.5. The smallest absolute Gasteiger partial charge is 0.200 e. The molecule has 6 aliphatic rings. The van der Waals surface area contributed by atoms with E-state index in [9.17, 15) is 0 Å². The summed E-state index contributed by atoms with van der Waals surface area (Å²) in [4.78, 5) is 56.9. The summed E-state index contributed by atoms with van der Waals surface area (Å²) in [6.45, 7) is 53.4. The van der Waals surface area contributed by atoms with Crippen molar-refractivity contribution in [2.75, 3.05) is 0 Å². The molecule has 0 saturated heterocycles. The third-order valence-electron chi connectivity index (χ3n) is 27.5. The first-order valence-electron chi connectivity index (χ1n) is 48.0. The topological polar surface area (TPSA) is 172 Å². The van der Waals surface area contributed by atoms with Crippen molar-refractivity contribution in [3.05, 3.63) is 306 Å². The van der Waals surface area contributed by atoms with Crippen molar-refractivity contribution in [3.63, 3.8) is 0 Å². The van der Waals surface area contributed by atoms with Crippen LogP contribution in [0, 0.1) is 29.1 Å². The van der Waals surface area contributed by atoms with Gasteiger partial charge in [-0.25, -0.2) is 51.9 Å². The van der Waals surface area contributed by atoms with Crippen LogP contribution in [0.2, 0.25) is 0 Å². The largest absolute Gasteiger partial charge is 0.355 e. The van der Waals surface area contributed by atoms with Crippen LogP contribution in [0.1, 0.15) is 279 Å². The molecule has 139 heavy (non-hydrogen) atoms. The molecule has 0 fully saturated rings. The van der Waals surface area contributed by atoms with Crippen molar-refractivity contribution in [1.82, 2.24) is 59.8 Å². The number of aromatic amines is 6. The Bertz CT molecular complexity index is 7720. The van der Waals surface area contributed by atoms with E-state index in [1.54, 1.807) is 24.3 Å². The van der Waals surface area contributed by atoms with E-state index in [0.717, 1.165) is 134 Å². The summed E-state index contributed by atoms with van der Waals surface area (Å²) in [6, 6.07) is 57.3. The van der Waals surface area contributed by atoms with Gasteiger partial charge in [0, 0.05) is 116 Å². The van der Waals surface area contributed by atoms with Gasteiger partial charge < -0.3 is 29.9 Å². The first kappa shape index (κ1) is 92.3. The van der Waals surface area contributed by atoms with Crippen LogP contribution in [0.3, 0.4) is 0 Å². The minimum atomic E-state index is -2.32. The van der Waals surface area contributed by atoms with E-state index in [1.165, 1.54) is 0 Å². The van der Waals surface area contributed by atoms with Gasteiger partial charge in [-0.15, -0.1) is 0 Å². The van der Waals surface area contributed by atoms with Gasteiger partial charge in [-0.05, 0) is 274 Å². The molecule has 14 aromatic rings. The Labute approximate surface area is 808 Å². The summed E-state index contributed by atoms with van der Waals surface area (Å²) in [5, 5.41) is 0. The van der Waals surface area contributed by atoms with E-state index in [1.807, 2.05) is 78.9 Å². The average molecular weight is 1850 g/mol. The van der Waals surface area contributed by atoms with Crippen LogP contribution >= 0.6 is 0 Å². The lowest BCUT2D eigenvalue weighted by molar-refractivity contribution is 0.381. The maximum Gasteiger partial charge on any atom is 0.200 e. The van der Waals surface area contributed by atoms with Gasteiger partial charge in [0.05, 0.1) is 73.9 Å². The number of nitrogens with zero attached hydrogens (tertiary/aromatic N) is 6. The lowest BCUT2D eigenvalue weighted by Gasteiger charge is -2.26. The molecule has 0 amide bonds. The van der Waals surface area contributed by atoms with Gasteiger partial charge in [0.1, 0.15) is 0 Å². The normalized spacial score (nSPS) is 13.6. The highest BCUT2D eigenvalue weighted by Crippen LogP contribution is 2.50. The maximum absolute atomic E-state index is 18.0. The molecule has 0 atom stereocenters. The maximum atomic E-state index is 18.0. The van der Waals surface area contributed by atoms with Crippen molar-refractivity contribution in [3.8, 4) is 77.9 Å². The second-order valence-electron chi connectivity index (χ2n) is 46.2. The molecule has 12 nitrogen and oxygen atoms in total. The summed E-state index contributed by atoms with van der Waals surface area (Å²) in [7, 11) is 0. The fraction of sp³-hybridized carbons (Fsp3) is 0.262. The van der Waals surface area contributed by atoms with Crippen molar-refractivity contribution in [2.45, 2.75) is 209 Å². The highest BCUT2D eigenvalue weighted by atomic mass is 19.2. The zero-order valence-corrected chi connectivity index (χ0v) is 83.6. The molecule has 6 N–H and O–H groups in total. The van der Waals surface area contributed by atoms with Crippen LogP contribution in [0.15, 0.2) is 164 Å². The van der Waals surface area contributed by atoms with Gasteiger partial charge >= 0.3 is 0 Å². The molecule has 700 valence electrons. The highest BCUT2D eigenvalue weighted by Gasteiger charge is 2.35. The minimum Gasteiger partial charge on any atom is -0.355 e. The van der Waals surface area contributed by atoms with Crippen molar-refractivity contribution in [1.29, 1.82) is 0 Å². The fourth-order valence-corrected chi connectivity index (χ4v) is 19.3. The van der Waals surface area contributed by atoms with Gasteiger partial charge in [0.2, 0.25) is 5.82 Å². The predicted octanol–water partition coefficient (Wildman–Crippen LogP) is 33.3. The van der Waals surface area contributed by atoms with E-state index in [4.69, 9.17) is 29.9 Å². The Morgan fingerprint density at radius 2 is 0.331 bits per heavy atom. The average Bonchev–Trinajstić information content (AvgIpc) is 1.61. The third kappa shape index (κ3) is 17.2. The summed E-state index contributed by atoms with van der Waals surface area (Å²) in [6.07, 6.45) is 23.5. The summed E-state index contributed by atoms with van der Waals surface area (Å²) < 4.78 is 85.7. The van der Waals surface area contributed by atoms with Crippen molar-refractivity contribution >= 4 is 139 Å². The number of hydrogen-bond donors (Lipinski definition) is 6. The standard InChI is InChI=1S/C122H117F5N12/c1-115(2,3)68-49-64(50-69(57-68)116(4,5)6)100-82-31-25-76(128-82)61-77-26-32-83(129-77)101(65-51-70(117(7,8)9)58-71(52-65)118(10,11)12)87-38-42-95(135-87)106(94-41-37-86(100)134-94)104-90-35-29-80(132-90)63-81-30-36-91(133-81)105(93-46-48-99(139-93)108(98-47-45-92(104)138-98)109-110(123)112(125)114(127)113(126)111(109)124)107-96-43-39-88(136-96)102(66-53-72(119(13,14)15)59-73(54-66)120(16,17)18)84-33-27-78(130-84)62-79-28-34-85(131-79)103(89-40-44-97(107)137-89)67-55-74(121(19,20)21)60-75(56-67)122(22,23)24/h25-63,128,130,132,135,137,139H,1-24H3. The Kier molecular flexibility index (Phi) is 21.8. The molecule has 20 rings (SSSR count). The molecule has 0 unspecified atom stereocenters. The number of hydrogen-bond acceptors (Lipinski definition) is 6. The summed E-state index contributed by atoms with van der Waals surface area (Å²) in [5.74, 6) is -10.7. The van der Waals surface area contributed by atoms with Gasteiger partial charge in [-0.2, -0.15) is 0 Å². The third-order valence-corrected chi connectivity index (χ3v) is 27.5. The molecule has 0 aliphatic carbocycles. The van der Waals surface area contributed by atoms with Gasteiger partial charge in [-0.3, -0.25) is 0 Å². The van der Waals surface area contributed by atoms with Crippen molar-refractivity contribution in [2.24, 2.45) is 0 Å². The predicted molar refractivity (Wildman–Crippen MR) is 571 cm³/mol. The zero-order valence-electron chi connectivity index (χ0n) is 83.6. The van der Waals surface area contributed by atoms with Crippen LogP contribution in [-0.2, 0) is 43.3 Å². The second-order valence-corrected chi connectivity index (χ2v) is 46.2. The van der Waals surface area contributed by atoms with Crippen LogP contribution in [0.25, 0.3) is 217 Å². The number of aromatic nitrogens is 12. The summed E-state index contributed by atoms with van der Waals surface area (Å²) >= 11 is 0. The van der Waals surface area contributed by atoms with Gasteiger partial charge in [0.25, 0.3) is 0 Å². The Hall–Kier alpha value is -14.5. The fourth-order valence-electron chi connectivity index (χ4n) is 19.3. The molecule has 15 heterocycles. The number of nitrogens with one attached hydrogen (secondary N) is 6. The molecule has 0 radical (unpaired) electrons. The number of fused-ring (bicyclic) bond motifs is 24. The van der Waals surface area contributed by atoms with E-state index >= 15 is 22.0 Å². The monoisotopic (exact) mass is 1840 g/mol. The van der Waals surface area contributed by atoms with Gasteiger partial charge in [-0.1, -0.05) is 239 Å². The molecule has 9 aromatic heterocycles. The first-order chi connectivity index (χ1) is 65.4. The quantitative estimate of drug-likeness (QED) is 0.0527. The van der Waals surface area contributed by atoms with Gasteiger partial charge in [0.15, 0.2) is 23.3 Å². The number of halogens is 5. The van der Waals surface area contributed by atoms with Crippen LogP contribution in [0.4, 0.5) is 22.0 Å². The molecular formula is C122H117F5N12. The SMILES string of the molecule is CC(C)(C)c1cc(-c2c3nc(c(-c4c5nc(c(-c6c(F)c(F)c(F)c(F)c6F)c6ccc([nH]6)c(-c6c7nc(c(-c8cc(C(C)(C)C)cc(C(C)(C)C)c8)c8ccc(cc9nc(c(-c%10cc(C(C)(C)C)cc(C(C)(C)C)c%10)c%10ccc6[nH]%10)C=C9)[nH]8)C=C7)c6nc(cc7ccc4[nH]7)C=C6)C=C5)c4ccc([nH]4)c(-c4cc(C(C)(C)C)cc(C(C)(C)C)c4)c4nc(cc5ccc2[nH]5)C=C4)C=C3)cc(C(C)(C)C)c1. The number of H-pyrrole nitrogens is 6. The van der Waals surface area contributed by atoms with E-state index in [2.05, 4.69) is 330 Å². The lowest BCUT2D eigenvalue weighted by atomic mass is 9.78. The molecule has 0 saturated carbocycles. The van der Waals surface area contributed by atoms with Crippen LogP contribution in [0.5, 0.6) is 0 Å². The molecule has 5 aromatic carbocycles. The van der Waals surface area contributed by atoms with Crippen LogP contribution < -0.4 is 0 Å². The lowest BCUT2D eigenvalue weighted by Crippen LogP contribution is -2.16. The second kappa shape index (κ2) is 32.9. The molecule has 24 bridgehead atoms. The Balaban J connectivity index is 0.934. The molecule has 0 spiro atoms. The van der Waals surface area contributed by atoms with Crippen LogP contribution in [-0.4, -0.2) is 59.8 Å². The number of benzene rings is 5. The summed E-state index contributed by atoms with van der Waals surface area (Å²) in [5.41, 5.74) is 27.9. The minimum absolute atomic E-state index is 0.0541. The molecular weight excluding hydrogens is 1730 g/mol. The van der Waals surface area contributed by atoms with E-state index in [0.29, 0.717) is 95.4 Å². The van der Waals surface area contributed by atoms with E-state index < -0.39 is 40.2 Å². The Morgan fingerprint density at radius 1 is 0.165 bits per heavy atom. The number of rotatable bonds is 7. The molecule has 6 aliphatic heterocycles. The highest BCUT2D eigenvalue weighted by molar-refractivity contribution is 6.08. The molecule has 17 heteroatoms. The first-order valence-corrected chi connectivity index (χ1v) is 48.0. The van der Waals surface area contributed by atoms with Crippen molar-refractivity contribution < 1.29 is 22.0 Å². The Morgan fingerprint density at radius 3 is 0.561 bits per heavy atom. The van der Waals surface area contributed by atoms with E-state index in [-0.39, 0.29) is 60.2 Å².